The Balaban J connectivity index is 1.63. The monoisotopic (exact) mass is 371 g/mol. The van der Waals surface area contributed by atoms with Crippen LogP contribution in [0.3, 0.4) is 0 Å². The first-order valence-corrected chi connectivity index (χ1v) is 8.10. The van der Waals surface area contributed by atoms with Crippen molar-refractivity contribution >= 4 is 23.3 Å². The number of nitrogens with one attached hydrogen (secondary N) is 1. The van der Waals surface area contributed by atoms with Gasteiger partial charge in [-0.25, -0.2) is 4.79 Å². The quantitative estimate of drug-likeness (QED) is 0.589. The topological polar surface area (TPSA) is 111 Å². The normalized spacial score (nSPS) is 13.0. The van der Waals surface area contributed by atoms with Crippen molar-refractivity contribution in [3.63, 3.8) is 0 Å². The van der Waals surface area contributed by atoms with Gasteiger partial charge in [0.2, 0.25) is 6.79 Å². The van der Waals surface area contributed by atoms with Crippen LogP contribution in [-0.4, -0.2) is 36.2 Å². The van der Waals surface area contributed by atoms with E-state index < -0.39 is 24.6 Å². The van der Waals surface area contributed by atoms with E-state index in [4.69, 9.17) is 14.2 Å². The summed E-state index contributed by atoms with van der Waals surface area (Å²) < 4.78 is 15.3. The third kappa shape index (κ3) is 4.24. The largest absolute Gasteiger partial charge is 0.454 e. The van der Waals surface area contributed by atoms with Crippen molar-refractivity contribution in [2.75, 3.05) is 18.7 Å². The van der Waals surface area contributed by atoms with Crippen LogP contribution in [0, 0.1) is 0 Å². The fraction of sp³-hybridized carbons (Fsp3) is 0.211. The SMILES string of the molecule is CC(=O)c1cc2c(cc1NC(=O)COC(=O)[C@@H](O)c1ccccc1)OCO2. The van der Waals surface area contributed by atoms with E-state index in [1.165, 1.54) is 19.1 Å². The number of benzene rings is 2. The summed E-state index contributed by atoms with van der Waals surface area (Å²) in [6.45, 7) is 0.761. The third-order valence-electron chi connectivity index (χ3n) is 3.85. The lowest BCUT2D eigenvalue weighted by Crippen LogP contribution is -2.24. The van der Waals surface area contributed by atoms with Gasteiger partial charge in [-0.3, -0.25) is 9.59 Å². The summed E-state index contributed by atoms with van der Waals surface area (Å²) in [6.07, 6.45) is -1.49. The van der Waals surface area contributed by atoms with Crippen LogP contribution >= 0.6 is 0 Å². The number of anilines is 1. The average molecular weight is 371 g/mol. The van der Waals surface area contributed by atoms with E-state index >= 15 is 0 Å². The summed E-state index contributed by atoms with van der Waals surface area (Å²) in [7, 11) is 0. The van der Waals surface area contributed by atoms with Gasteiger partial charge in [0.05, 0.1) is 5.69 Å². The van der Waals surface area contributed by atoms with Gasteiger partial charge in [0.25, 0.3) is 5.91 Å². The molecule has 1 atom stereocenters. The standard InChI is InChI=1S/C19H17NO7/c1-11(21)13-7-15-16(27-10-26-15)8-14(13)20-17(22)9-25-19(24)18(23)12-5-3-2-4-6-12/h2-8,18,23H,9-10H2,1H3,(H,20,22)/t18-/m0/s1. The number of ketones is 1. The molecule has 3 rings (SSSR count). The van der Waals surface area contributed by atoms with Crippen LogP contribution in [0.1, 0.15) is 28.9 Å². The number of aliphatic hydroxyl groups excluding tert-OH is 1. The number of Topliss-reactive ketones (excluding diaryl/α,β-unsaturated/α-hetero) is 1. The smallest absolute Gasteiger partial charge is 0.340 e. The predicted octanol–water partition coefficient (Wildman–Crippen LogP) is 1.83. The Labute approximate surface area is 154 Å². The maximum atomic E-state index is 12.1. The second kappa shape index (κ2) is 7.88. The van der Waals surface area contributed by atoms with Crippen molar-refractivity contribution in [1.82, 2.24) is 0 Å². The molecule has 1 heterocycles. The number of carbonyl (C=O) groups is 3. The minimum absolute atomic E-state index is 0.0269. The zero-order valence-corrected chi connectivity index (χ0v) is 14.4. The number of hydrogen-bond donors (Lipinski definition) is 2. The first-order chi connectivity index (χ1) is 13.0. The lowest BCUT2D eigenvalue weighted by Gasteiger charge is -2.12. The highest BCUT2D eigenvalue weighted by molar-refractivity contribution is 6.05. The number of hydrogen-bond acceptors (Lipinski definition) is 7. The van der Waals surface area contributed by atoms with E-state index in [9.17, 15) is 19.5 Å². The van der Waals surface area contributed by atoms with Crippen LogP contribution in [0.4, 0.5) is 5.69 Å². The summed E-state index contributed by atoms with van der Waals surface area (Å²) in [4.78, 5) is 35.8. The van der Waals surface area contributed by atoms with E-state index in [0.29, 0.717) is 17.1 Å². The van der Waals surface area contributed by atoms with Gasteiger partial charge in [-0.1, -0.05) is 30.3 Å². The average Bonchev–Trinajstić information content (AvgIpc) is 3.12. The van der Waals surface area contributed by atoms with Crippen molar-refractivity contribution in [3.8, 4) is 11.5 Å². The Kier molecular flexibility index (Phi) is 5.37. The Morgan fingerprint density at radius 1 is 1.15 bits per heavy atom. The lowest BCUT2D eigenvalue weighted by atomic mass is 10.1. The maximum Gasteiger partial charge on any atom is 0.340 e. The van der Waals surface area contributed by atoms with E-state index in [0.717, 1.165) is 0 Å². The molecule has 0 fully saturated rings. The van der Waals surface area contributed by atoms with Crippen LogP contribution in [0.5, 0.6) is 11.5 Å². The van der Waals surface area contributed by atoms with E-state index in [-0.39, 0.29) is 23.8 Å². The van der Waals surface area contributed by atoms with Gasteiger partial charge in [0.1, 0.15) is 0 Å². The highest BCUT2D eigenvalue weighted by Crippen LogP contribution is 2.37. The van der Waals surface area contributed by atoms with E-state index in [1.54, 1.807) is 30.3 Å². The fourth-order valence-electron chi connectivity index (χ4n) is 2.51. The summed E-state index contributed by atoms with van der Waals surface area (Å²) in [5.74, 6) is -1.08. The molecule has 1 aliphatic rings. The van der Waals surface area contributed by atoms with Crippen molar-refractivity contribution < 1.29 is 33.7 Å². The number of amides is 1. The molecule has 0 bridgehead atoms. The molecule has 0 saturated heterocycles. The van der Waals surface area contributed by atoms with Gasteiger partial charge in [-0.15, -0.1) is 0 Å². The molecular weight excluding hydrogens is 354 g/mol. The molecule has 1 aliphatic heterocycles. The van der Waals surface area contributed by atoms with Crippen LogP contribution < -0.4 is 14.8 Å². The minimum atomic E-state index is -1.49. The summed E-state index contributed by atoms with van der Waals surface area (Å²) >= 11 is 0. The molecule has 2 aromatic carbocycles. The molecular formula is C19H17NO7. The number of fused-ring (bicyclic) bond motifs is 1. The van der Waals surface area contributed by atoms with Gasteiger partial charge >= 0.3 is 5.97 Å². The Morgan fingerprint density at radius 3 is 2.48 bits per heavy atom. The van der Waals surface area contributed by atoms with Crippen molar-refractivity contribution in [2.24, 2.45) is 0 Å². The highest BCUT2D eigenvalue weighted by Gasteiger charge is 2.22. The van der Waals surface area contributed by atoms with Crippen LogP contribution in [0.15, 0.2) is 42.5 Å². The predicted molar refractivity (Wildman–Crippen MR) is 93.6 cm³/mol. The fourth-order valence-corrected chi connectivity index (χ4v) is 2.51. The maximum absolute atomic E-state index is 12.1. The third-order valence-corrected chi connectivity index (χ3v) is 3.85. The Hall–Kier alpha value is -3.39. The molecule has 0 aliphatic carbocycles. The van der Waals surface area contributed by atoms with Crippen molar-refractivity contribution in [3.05, 3.63) is 53.6 Å². The molecule has 0 spiro atoms. The molecule has 0 aromatic heterocycles. The number of aliphatic hydroxyl groups is 1. The first kappa shape index (κ1) is 18.4. The van der Waals surface area contributed by atoms with Gasteiger partial charge in [-0.05, 0) is 18.6 Å². The van der Waals surface area contributed by atoms with E-state index in [2.05, 4.69) is 5.32 Å². The summed E-state index contributed by atoms with van der Waals surface area (Å²) in [6, 6.07) is 11.2. The molecule has 1 amide bonds. The van der Waals surface area contributed by atoms with E-state index in [1.807, 2.05) is 0 Å². The zero-order valence-electron chi connectivity index (χ0n) is 14.4. The number of carbonyl (C=O) groups excluding carboxylic acids is 3. The zero-order chi connectivity index (χ0) is 19.4. The van der Waals surface area contributed by atoms with Gasteiger partial charge in [0, 0.05) is 11.6 Å². The number of rotatable bonds is 6. The molecule has 27 heavy (non-hydrogen) atoms. The number of esters is 1. The van der Waals surface area contributed by atoms with Gasteiger partial charge < -0.3 is 24.6 Å². The van der Waals surface area contributed by atoms with Crippen LogP contribution in [0.2, 0.25) is 0 Å². The van der Waals surface area contributed by atoms with Crippen molar-refractivity contribution in [1.29, 1.82) is 0 Å². The van der Waals surface area contributed by atoms with Gasteiger partial charge in [0.15, 0.2) is 30.0 Å². The number of ether oxygens (including phenoxy) is 3. The molecule has 140 valence electrons. The lowest BCUT2D eigenvalue weighted by molar-refractivity contribution is -0.156. The first-order valence-electron chi connectivity index (χ1n) is 8.10. The molecule has 0 unspecified atom stereocenters. The molecule has 2 aromatic rings. The van der Waals surface area contributed by atoms with Crippen LogP contribution in [-0.2, 0) is 14.3 Å². The summed E-state index contributed by atoms with van der Waals surface area (Å²) in [5, 5.41) is 12.4. The molecule has 0 radical (unpaired) electrons. The molecule has 8 heteroatoms. The molecule has 8 nitrogen and oxygen atoms in total. The van der Waals surface area contributed by atoms with Crippen LogP contribution in [0.25, 0.3) is 0 Å². The minimum Gasteiger partial charge on any atom is -0.454 e. The van der Waals surface area contributed by atoms with Crippen molar-refractivity contribution in [2.45, 2.75) is 13.0 Å². The molecule has 0 saturated carbocycles. The second-order valence-electron chi connectivity index (χ2n) is 5.78. The second-order valence-corrected chi connectivity index (χ2v) is 5.78. The summed E-state index contributed by atoms with van der Waals surface area (Å²) in [5.41, 5.74) is 0.817. The Bertz CT molecular complexity index is 879. The molecule has 2 N–H and O–H groups in total. The Morgan fingerprint density at radius 2 is 1.81 bits per heavy atom. The highest BCUT2D eigenvalue weighted by atomic mass is 16.7. The van der Waals surface area contributed by atoms with Gasteiger partial charge in [-0.2, -0.15) is 0 Å².